The molecule has 0 bridgehead atoms. The first-order valence-corrected chi connectivity index (χ1v) is 7.21. The third-order valence-corrected chi connectivity index (χ3v) is 3.66. The Balaban J connectivity index is 2.63. The quantitative estimate of drug-likeness (QED) is 0.772. The molecule has 1 saturated heterocycles. The Morgan fingerprint density at radius 1 is 1.06 bits per heavy atom. The van der Waals surface area contributed by atoms with Crippen LogP contribution in [0.2, 0.25) is 0 Å². The molecule has 108 valence electrons. The van der Waals surface area contributed by atoms with Crippen molar-refractivity contribution >= 4 is 0 Å². The van der Waals surface area contributed by atoms with Gasteiger partial charge in [-0.05, 0) is 55.4 Å². The zero-order valence-electron chi connectivity index (χ0n) is 13.6. The van der Waals surface area contributed by atoms with Gasteiger partial charge in [0.2, 0.25) is 0 Å². The van der Waals surface area contributed by atoms with Gasteiger partial charge in [0.25, 0.3) is 0 Å². The van der Waals surface area contributed by atoms with Gasteiger partial charge in [-0.2, -0.15) is 0 Å². The fraction of sp³-hybridized carbons (Fsp3) is 1.00. The molecule has 0 aromatic carbocycles. The van der Waals surface area contributed by atoms with Crippen LogP contribution in [0.4, 0.5) is 0 Å². The van der Waals surface area contributed by atoms with Gasteiger partial charge in [0.15, 0.2) is 0 Å². The van der Waals surface area contributed by atoms with Gasteiger partial charge < -0.3 is 4.74 Å². The van der Waals surface area contributed by atoms with Crippen LogP contribution < -0.4 is 0 Å². The van der Waals surface area contributed by atoms with Crippen molar-refractivity contribution in [3.8, 4) is 0 Å². The topological polar surface area (TPSA) is 15.7 Å². The fourth-order valence-corrected chi connectivity index (χ4v) is 3.06. The summed E-state index contributed by atoms with van der Waals surface area (Å²) in [6, 6.07) is 0.612. The Morgan fingerprint density at radius 2 is 1.61 bits per heavy atom. The van der Waals surface area contributed by atoms with E-state index in [1.807, 2.05) is 0 Å². The summed E-state index contributed by atoms with van der Waals surface area (Å²) >= 11 is 0. The number of rotatable bonds is 3. The normalized spacial score (nSPS) is 24.5. The standard InChI is InChI=1S/C15H32N2O/c1-12(2)17-10-9-16(11-15(17,7)8)13(3)18-14(4,5)6/h12-13H,9-11H2,1-8H3. The number of piperazine rings is 1. The highest BCUT2D eigenvalue weighted by molar-refractivity contribution is 4.92. The summed E-state index contributed by atoms with van der Waals surface area (Å²) < 4.78 is 6.07. The van der Waals surface area contributed by atoms with E-state index in [4.69, 9.17) is 4.74 Å². The maximum atomic E-state index is 6.07. The Labute approximate surface area is 113 Å². The highest BCUT2D eigenvalue weighted by Gasteiger charge is 2.37. The fourth-order valence-electron chi connectivity index (χ4n) is 3.06. The van der Waals surface area contributed by atoms with Gasteiger partial charge in [0.05, 0.1) is 5.60 Å². The first-order chi connectivity index (χ1) is 8.03. The van der Waals surface area contributed by atoms with Gasteiger partial charge in [0, 0.05) is 31.2 Å². The molecule has 1 aliphatic rings. The minimum atomic E-state index is -0.0707. The molecule has 1 aliphatic heterocycles. The molecule has 3 heteroatoms. The van der Waals surface area contributed by atoms with E-state index in [0.29, 0.717) is 6.04 Å². The predicted octanol–water partition coefficient (Wildman–Crippen LogP) is 2.95. The summed E-state index contributed by atoms with van der Waals surface area (Å²) in [6.07, 6.45) is 0.193. The Kier molecular flexibility index (Phi) is 4.85. The number of ether oxygens (including phenoxy) is 1. The second kappa shape index (κ2) is 5.48. The maximum absolute atomic E-state index is 6.07. The predicted molar refractivity (Wildman–Crippen MR) is 77.8 cm³/mol. The van der Waals surface area contributed by atoms with E-state index in [0.717, 1.165) is 19.6 Å². The zero-order valence-corrected chi connectivity index (χ0v) is 13.6. The summed E-state index contributed by atoms with van der Waals surface area (Å²) in [6.45, 7) is 21.1. The van der Waals surface area contributed by atoms with E-state index >= 15 is 0 Å². The van der Waals surface area contributed by atoms with Gasteiger partial charge in [-0.15, -0.1) is 0 Å². The van der Waals surface area contributed by atoms with Crippen LogP contribution in [0.3, 0.4) is 0 Å². The Hall–Kier alpha value is -0.120. The van der Waals surface area contributed by atoms with Crippen molar-refractivity contribution in [2.24, 2.45) is 0 Å². The van der Waals surface area contributed by atoms with Crippen molar-refractivity contribution in [3.05, 3.63) is 0 Å². The van der Waals surface area contributed by atoms with Crippen LogP contribution in [0.15, 0.2) is 0 Å². The first-order valence-electron chi connectivity index (χ1n) is 7.21. The largest absolute Gasteiger partial charge is 0.358 e. The molecule has 0 spiro atoms. The van der Waals surface area contributed by atoms with Gasteiger partial charge in [-0.3, -0.25) is 9.80 Å². The molecule has 1 heterocycles. The van der Waals surface area contributed by atoms with Crippen LogP contribution in [0, 0.1) is 0 Å². The maximum Gasteiger partial charge on any atom is 0.108 e. The lowest BCUT2D eigenvalue weighted by molar-refractivity contribution is -0.149. The third kappa shape index (κ3) is 4.22. The average molecular weight is 256 g/mol. The van der Waals surface area contributed by atoms with E-state index in [9.17, 15) is 0 Å². The van der Waals surface area contributed by atoms with Crippen LogP contribution in [-0.2, 0) is 4.74 Å². The zero-order chi connectivity index (χ0) is 14.1. The van der Waals surface area contributed by atoms with Gasteiger partial charge in [-0.1, -0.05) is 0 Å². The highest BCUT2D eigenvalue weighted by Crippen LogP contribution is 2.25. The van der Waals surface area contributed by atoms with Crippen LogP contribution in [0.25, 0.3) is 0 Å². The molecule has 1 rings (SSSR count). The van der Waals surface area contributed by atoms with Crippen molar-refractivity contribution in [3.63, 3.8) is 0 Å². The number of nitrogens with zero attached hydrogens (tertiary/aromatic N) is 2. The second-order valence-electron chi connectivity index (χ2n) is 7.40. The smallest absolute Gasteiger partial charge is 0.108 e. The van der Waals surface area contributed by atoms with Crippen molar-refractivity contribution in [2.75, 3.05) is 19.6 Å². The number of hydrogen-bond acceptors (Lipinski definition) is 3. The summed E-state index contributed by atoms with van der Waals surface area (Å²) in [5.41, 5.74) is 0.153. The number of hydrogen-bond donors (Lipinski definition) is 0. The molecular weight excluding hydrogens is 224 g/mol. The van der Waals surface area contributed by atoms with Crippen LogP contribution in [-0.4, -0.2) is 52.8 Å². The molecule has 0 aromatic rings. The van der Waals surface area contributed by atoms with Crippen LogP contribution in [0.1, 0.15) is 55.4 Å². The second-order valence-corrected chi connectivity index (χ2v) is 7.40. The molecule has 0 N–H and O–H groups in total. The highest BCUT2D eigenvalue weighted by atomic mass is 16.5. The molecule has 0 aliphatic carbocycles. The monoisotopic (exact) mass is 256 g/mol. The summed E-state index contributed by atoms with van der Waals surface area (Å²) in [4.78, 5) is 5.05. The first kappa shape index (κ1) is 15.9. The molecule has 1 fully saturated rings. The lowest BCUT2D eigenvalue weighted by Gasteiger charge is -2.51. The molecule has 0 amide bonds. The van der Waals surface area contributed by atoms with E-state index < -0.39 is 0 Å². The van der Waals surface area contributed by atoms with Gasteiger partial charge in [-0.25, -0.2) is 0 Å². The van der Waals surface area contributed by atoms with Crippen LogP contribution in [0.5, 0.6) is 0 Å². The molecule has 1 unspecified atom stereocenters. The average Bonchev–Trinajstić information content (AvgIpc) is 2.12. The van der Waals surface area contributed by atoms with Gasteiger partial charge >= 0.3 is 0 Å². The third-order valence-electron chi connectivity index (χ3n) is 3.66. The van der Waals surface area contributed by atoms with Crippen molar-refractivity contribution < 1.29 is 4.74 Å². The molecule has 0 radical (unpaired) electrons. The van der Waals surface area contributed by atoms with Crippen LogP contribution >= 0.6 is 0 Å². The minimum absolute atomic E-state index is 0.0707. The summed E-state index contributed by atoms with van der Waals surface area (Å²) in [5.74, 6) is 0. The molecule has 18 heavy (non-hydrogen) atoms. The minimum Gasteiger partial charge on any atom is -0.358 e. The molecule has 1 atom stereocenters. The lowest BCUT2D eigenvalue weighted by atomic mass is 9.96. The Bertz CT molecular complexity index is 268. The van der Waals surface area contributed by atoms with E-state index in [1.165, 1.54) is 0 Å². The lowest BCUT2D eigenvalue weighted by Crippen LogP contribution is -2.63. The van der Waals surface area contributed by atoms with E-state index in [2.05, 4.69) is 65.2 Å². The molecule has 3 nitrogen and oxygen atoms in total. The molecule has 0 aromatic heterocycles. The molecular formula is C15H32N2O. The van der Waals surface area contributed by atoms with Gasteiger partial charge in [0.1, 0.15) is 6.23 Å². The van der Waals surface area contributed by atoms with E-state index in [1.54, 1.807) is 0 Å². The summed E-state index contributed by atoms with van der Waals surface area (Å²) in [5, 5.41) is 0. The van der Waals surface area contributed by atoms with Crippen molar-refractivity contribution in [1.29, 1.82) is 0 Å². The summed E-state index contributed by atoms with van der Waals surface area (Å²) in [7, 11) is 0. The molecule has 0 saturated carbocycles. The SMILES string of the molecule is CC(OC(C)(C)C)N1CCN(C(C)C)C(C)(C)C1. The Morgan fingerprint density at radius 3 is 2.00 bits per heavy atom. The van der Waals surface area contributed by atoms with Crippen molar-refractivity contribution in [1.82, 2.24) is 9.80 Å². The van der Waals surface area contributed by atoms with E-state index in [-0.39, 0.29) is 17.4 Å². The van der Waals surface area contributed by atoms with Crippen molar-refractivity contribution in [2.45, 2.75) is 78.8 Å².